The number of nitrogens with one attached hydrogen (secondary N) is 1. The standard InChI is InChI=1S/C12H12FNO/c13-9-1-2-12-10(5-9)11(6-14-12)8-3-4-15-7-8/h1-2,5-6,8,14H,3-4,7H2/t8-/m0/s1. The molecule has 0 spiro atoms. The number of hydrogen-bond donors (Lipinski definition) is 1. The van der Waals surface area contributed by atoms with Gasteiger partial charge in [-0.3, -0.25) is 0 Å². The fourth-order valence-corrected chi connectivity index (χ4v) is 2.23. The van der Waals surface area contributed by atoms with Crippen molar-refractivity contribution in [2.24, 2.45) is 0 Å². The molecule has 1 aromatic heterocycles. The van der Waals surface area contributed by atoms with E-state index in [9.17, 15) is 4.39 Å². The number of benzene rings is 1. The van der Waals surface area contributed by atoms with Gasteiger partial charge in [0.2, 0.25) is 0 Å². The highest BCUT2D eigenvalue weighted by molar-refractivity contribution is 5.83. The van der Waals surface area contributed by atoms with E-state index in [0.717, 1.165) is 30.5 Å². The molecule has 2 aromatic rings. The Hall–Kier alpha value is -1.35. The SMILES string of the molecule is Fc1ccc2[nH]cc([C@H]3CCOC3)c2c1. The average Bonchev–Trinajstić information content (AvgIpc) is 2.83. The van der Waals surface area contributed by atoms with E-state index in [2.05, 4.69) is 4.98 Å². The molecule has 0 unspecified atom stereocenters. The molecule has 0 amide bonds. The highest BCUT2D eigenvalue weighted by Gasteiger charge is 2.20. The summed E-state index contributed by atoms with van der Waals surface area (Å²) >= 11 is 0. The number of H-pyrrole nitrogens is 1. The van der Waals surface area contributed by atoms with E-state index in [1.807, 2.05) is 6.20 Å². The molecule has 78 valence electrons. The highest BCUT2D eigenvalue weighted by Crippen LogP contribution is 2.31. The highest BCUT2D eigenvalue weighted by atomic mass is 19.1. The van der Waals surface area contributed by atoms with Gasteiger partial charge in [-0.25, -0.2) is 4.39 Å². The Morgan fingerprint density at radius 1 is 1.40 bits per heavy atom. The van der Waals surface area contributed by atoms with E-state index >= 15 is 0 Å². The van der Waals surface area contributed by atoms with Crippen LogP contribution in [0.25, 0.3) is 10.9 Å². The predicted octanol–water partition coefficient (Wildman–Crippen LogP) is 2.81. The summed E-state index contributed by atoms with van der Waals surface area (Å²) < 4.78 is 18.5. The first-order valence-corrected chi connectivity index (χ1v) is 5.19. The Morgan fingerprint density at radius 2 is 2.33 bits per heavy atom. The molecular weight excluding hydrogens is 193 g/mol. The Labute approximate surface area is 87.1 Å². The van der Waals surface area contributed by atoms with Crippen LogP contribution in [0, 0.1) is 5.82 Å². The van der Waals surface area contributed by atoms with Crippen molar-refractivity contribution < 1.29 is 9.13 Å². The lowest BCUT2D eigenvalue weighted by molar-refractivity contribution is 0.194. The molecule has 0 bridgehead atoms. The molecule has 0 radical (unpaired) electrons. The quantitative estimate of drug-likeness (QED) is 0.760. The van der Waals surface area contributed by atoms with Crippen LogP contribution in [0.4, 0.5) is 4.39 Å². The van der Waals surface area contributed by atoms with Crippen LogP contribution >= 0.6 is 0 Å². The van der Waals surface area contributed by atoms with Gasteiger partial charge in [-0.1, -0.05) is 0 Å². The van der Waals surface area contributed by atoms with Crippen LogP contribution < -0.4 is 0 Å². The second kappa shape index (κ2) is 3.35. The van der Waals surface area contributed by atoms with Crippen molar-refractivity contribution in [1.82, 2.24) is 4.98 Å². The molecular formula is C12H12FNO. The second-order valence-electron chi connectivity index (χ2n) is 3.99. The van der Waals surface area contributed by atoms with Crippen LogP contribution in [0.5, 0.6) is 0 Å². The topological polar surface area (TPSA) is 25.0 Å². The van der Waals surface area contributed by atoms with Gasteiger partial charge in [0.25, 0.3) is 0 Å². The summed E-state index contributed by atoms with van der Waals surface area (Å²) in [6, 6.07) is 4.86. The molecule has 1 atom stereocenters. The van der Waals surface area contributed by atoms with Gasteiger partial charge in [-0.2, -0.15) is 0 Å². The molecule has 0 aliphatic carbocycles. The van der Waals surface area contributed by atoms with Crippen LogP contribution in [-0.2, 0) is 4.74 Å². The van der Waals surface area contributed by atoms with E-state index in [0.29, 0.717) is 5.92 Å². The molecule has 1 N–H and O–H groups in total. The Bertz CT molecular complexity index is 485. The lowest BCUT2D eigenvalue weighted by atomic mass is 9.98. The van der Waals surface area contributed by atoms with Crippen molar-refractivity contribution in [3.63, 3.8) is 0 Å². The maximum Gasteiger partial charge on any atom is 0.123 e. The number of aromatic nitrogens is 1. The van der Waals surface area contributed by atoms with Crippen LogP contribution in [-0.4, -0.2) is 18.2 Å². The molecule has 3 heteroatoms. The van der Waals surface area contributed by atoms with Crippen LogP contribution in [0.2, 0.25) is 0 Å². The fourth-order valence-electron chi connectivity index (χ4n) is 2.23. The number of fused-ring (bicyclic) bond motifs is 1. The van der Waals surface area contributed by atoms with Crippen molar-refractivity contribution >= 4 is 10.9 Å². The van der Waals surface area contributed by atoms with Gasteiger partial charge >= 0.3 is 0 Å². The van der Waals surface area contributed by atoms with Crippen molar-refractivity contribution in [3.8, 4) is 0 Å². The van der Waals surface area contributed by atoms with Crippen LogP contribution in [0.15, 0.2) is 24.4 Å². The molecule has 2 nitrogen and oxygen atoms in total. The maximum atomic E-state index is 13.1. The van der Waals surface area contributed by atoms with Gasteiger partial charge in [0.05, 0.1) is 6.61 Å². The van der Waals surface area contributed by atoms with Crippen molar-refractivity contribution in [2.45, 2.75) is 12.3 Å². The molecule has 1 aromatic carbocycles. The van der Waals surface area contributed by atoms with Crippen molar-refractivity contribution in [3.05, 3.63) is 35.8 Å². The largest absolute Gasteiger partial charge is 0.381 e. The van der Waals surface area contributed by atoms with Gasteiger partial charge in [0.1, 0.15) is 5.82 Å². The van der Waals surface area contributed by atoms with E-state index in [4.69, 9.17) is 4.74 Å². The first-order chi connectivity index (χ1) is 7.34. The summed E-state index contributed by atoms with van der Waals surface area (Å²) in [4.78, 5) is 3.17. The lowest BCUT2D eigenvalue weighted by Crippen LogP contribution is -1.95. The van der Waals surface area contributed by atoms with Crippen molar-refractivity contribution in [2.75, 3.05) is 13.2 Å². The summed E-state index contributed by atoms with van der Waals surface area (Å²) in [5, 5.41) is 0.991. The van der Waals surface area contributed by atoms with Gasteiger partial charge in [-0.15, -0.1) is 0 Å². The zero-order valence-electron chi connectivity index (χ0n) is 8.29. The predicted molar refractivity (Wildman–Crippen MR) is 56.4 cm³/mol. The number of hydrogen-bond acceptors (Lipinski definition) is 1. The van der Waals surface area contributed by atoms with Gasteiger partial charge in [0, 0.05) is 29.6 Å². The number of halogens is 1. The minimum Gasteiger partial charge on any atom is -0.381 e. The zero-order chi connectivity index (χ0) is 10.3. The van der Waals surface area contributed by atoms with Gasteiger partial charge in [0.15, 0.2) is 0 Å². The van der Waals surface area contributed by atoms with E-state index < -0.39 is 0 Å². The summed E-state index contributed by atoms with van der Waals surface area (Å²) in [6.07, 6.45) is 3.01. The molecule has 1 fully saturated rings. The minimum absolute atomic E-state index is 0.178. The summed E-state index contributed by atoms with van der Waals surface area (Å²) in [6.45, 7) is 1.57. The fraction of sp³-hybridized carbons (Fsp3) is 0.333. The van der Waals surface area contributed by atoms with Gasteiger partial charge < -0.3 is 9.72 Å². The third-order valence-electron chi connectivity index (χ3n) is 3.05. The maximum absolute atomic E-state index is 13.1. The second-order valence-corrected chi connectivity index (χ2v) is 3.99. The molecule has 3 rings (SSSR count). The number of rotatable bonds is 1. The third kappa shape index (κ3) is 1.43. The minimum atomic E-state index is -0.178. The molecule has 1 aliphatic heterocycles. The Morgan fingerprint density at radius 3 is 3.13 bits per heavy atom. The molecule has 0 saturated carbocycles. The molecule has 1 aliphatic rings. The molecule has 15 heavy (non-hydrogen) atoms. The third-order valence-corrected chi connectivity index (χ3v) is 3.05. The van der Waals surface area contributed by atoms with E-state index in [-0.39, 0.29) is 5.82 Å². The normalized spacial score (nSPS) is 21.3. The first kappa shape index (κ1) is 8.92. The van der Waals surface area contributed by atoms with Crippen LogP contribution in [0.3, 0.4) is 0 Å². The summed E-state index contributed by atoms with van der Waals surface area (Å²) in [5.74, 6) is 0.239. The average molecular weight is 205 g/mol. The number of ether oxygens (including phenoxy) is 1. The molecule has 2 heterocycles. The lowest BCUT2D eigenvalue weighted by Gasteiger charge is -2.05. The number of aromatic amines is 1. The van der Waals surface area contributed by atoms with Crippen LogP contribution in [0.1, 0.15) is 17.9 Å². The molecule has 1 saturated heterocycles. The first-order valence-electron chi connectivity index (χ1n) is 5.19. The van der Waals surface area contributed by atoms with E-state index in [1.54, 1.807) is 12.1 Å². The van der Waals surface area contributed by atoms with Crippen molar-refractivity contribution in [1.29, 1.82) is 0 Å². The summed E-state index contributed by atoms with van der Waals surface area (Å²) in [7, 11) is 0. The zero-order valence-corrected chi connectivity index (χ0v) is 8.29. The summed E-state index contributed by atoms with van der Waals surface area (Å²) in [5.41, 5.74) is 2.18. The smallest absolute Gasteiger partial charge is 0.123 e. The monoisotopic (exact) mass is 205 g/mol. The Kier molecular flexibility index (Phi) is 1.99. The van der Waals surface area contributed by atoms with E-state index in [1.165, 1.54) is 11.6 Å². The van der Waals surface area contributed by atoms with Gasteiger partial charge in [-0.05, 0) is 30.2 Å². The Balaban J connectivity index is 2.13.